The van der Waals surface area contributed by atoms with Crippen molar-refractivity contribution in [3.05, 3.63) is 17.5 Å². The van der Waals surface area contributed by atoms with Crippen LogP contribution in [0, 0.1) is 5.92 Å². The van der Waals surface area contributed by atoms with Crippen molar-refractivity contribution in [3.8, 4) is 0 Å². The van der Waals surface area contributed by atoms with Crippen LogP contribution in [-0.2, 0) is 20.1 Å². The molecule has 1 fully saturated rings. The van der Waals surface area contributed by atoms with Gasteiger partial charge in [0.1, 0.15) is 0 Å². The van der Waals surface area contributed by atoms with Crippen molar-refractivity contribution in [1.29, 1.82) is 0 Å². The molecule has 0 unspecified atom stereocenters. The number of rotatable bonds is 3. The number of aliphatic hydroxyl groups is 1. The highest BCUT2D eigenvalue weighted by atomic mass is 16.3. The summed E-state index contributed by atoms with van der Waals surface area (Å²) in [6, 6.07) is 2.03. The van der Waals surface area contributed by atoms with Crippen LogP contribution in [0.25, 0.3) is 0 Å². The lowest BCUT2D eigenvalue weighted by Crippen LogP contribution is -2.31. The van der Waals surface area contributed by atoms with Gasteiger partial charge in [-0.15, -0.1) is 0 Å². The molecular formula is C12H21N3O. The lowest BCUT2D eigenvalue weighted by atomic mass is 9.92. The predicted molar refractivity (Wildman–Crippen MR) is 63.1 cm³/mol. The Balaban J connectivity index is 1.93. The highest BCUT2D eigenvalue weighted by Gasteiger charge is 2.18. The first-order valence-corrected chi connectivity index (χ1v) is 6.00. The zero-order valence-corrected chi connectivity index (χ0v) is 10.2. The lowest BCUT2D eigenvalue weighted by molar-refractivity contribution is 0.218. The van der Waals surface area contributed by atoms with Crippen LogP contribution in [0.15, 0.2) is 6.07 Å². The second-order valence-electron chi connectivity index (χ2n) is 4.86. The summed E-state index contributed by atoms with van der Waals surface area (Å²) in [5.74, 6) is 0.762. The van der Waals surface area contributed by atoms with E-state index in [-0.39, 0.29) is 6.61 Å². The fourth-order valence-corrected chi connectivity index (χ4v) is 2.38. The summed E-state index contributed by atoms with van der Waals surface area (Å²) in [5, 5.41) is 13.5. The summed E-state index contributed by atoms with van der Waals surface area (Å²) in [5.41, 5.74) is 2.03. The Morgan fingerprint density at radius 1 is 1.38 bits per heavy atom. The average molecular weight is 223 g/mol. The van der Waals surface area contributed by atoms with Gasteiger partial charge in [-0.2, -0.15) is 5.10 Å². The monoisotopic (exact) mass is 223 g/mol. The highest BCUT2D eigenvalue weighted by Crippen LogP contribution is 2.20. The number of nitrogens with zero attached hydrogens (tertiary/aromatic N) is 3. The highest BCUT2D eigenvalue weighted by molar-refractivity contribution is 5.10. The third-order valence-corrected chi connectivity index (χ3v) is 3.53. The molecule has 4 nitrogen and oxygen atoms in total. The fourth-order valence-electron chi connectivity index (χ4n) is 2.38. The quantitative estimate of drug-likeness (QED) is 0.824. The first-order valence-electron chi connectivity index (χ1n) is 6.00. The molecule has 16 heavy (non-hydrogen) atoms. The minimum Gasteiger partial charge on any atom is -0.390 e. The topological polar surface area (TPSA) is 41.3 Å². The van der Waals surface area contributed by atoms with E-state index < -0.39 is 0 Å². The van der Waals surface area contributed by atoms with Gasteiger partial charge in [-0.05, 0) is 51.4 Å². The Bertz CT molecular complexity index is 340. The molecule has 0 amide bonds. The first kappa shape index (κ1) is 11.6. The Labute approximate surface area is 96.9 Å². The van der Waals surface area contributed by atoms with Gasteiger partial charge in [-0.25, -0.2) is 0 Å². The van der Waals surface area contributed by atoms with E-state index >= 15 is 0 Å². The van der Waals surface area contributed by atoms with Crippen LogP contribution in [0.5, 0.6) is 0 Å². The molecule has 4 heteroatoms. The molecule has 0 spiro atoms. The first-order chi connectivity index (χ1) is 7.69. The molecule has 90 valence electrons. The summed E-state index contributed by atoms with van der Waals surface area (Å²) in [6.45, 7) is 2.48. The SMILES string of the molecule is CN1CCC(Cc2cc(CO)n(C)n2)CC1. The van der Waals surface area contributed by atoms with E-state index in [2.05, 4.69) is 17.0 Å². The van der Waals surface area contributed by atoms with E-state index in [0.717, 1.165) is 23.7 Å². The molecule has 0 saturated carbocycles. The average Bonchev–Trinajstić information content (AvgIpc) is 2.62. The van der Waals surface area contributed by atoms with Crippen molar-refractivity contribution in [3.63, 3.8) is 0 Å². The van der Waals surface area contributed by atoms with Crippen molar-refractivity contribution in [1.82, 2.24) is 14.7 Å². The molecule has 0 atom stereocenters. The largest absolute Gasteiger partial charge is 0.390 e. The second kappa shape index (κ2) is 4.97. The van der Waals surface area contributed by atoms with Gasteiger partial charge in [0.25, 0.3) is 0 Å². The van der Waals surface area contributed by atoms with E-state index in [4.69, 9.17) is 5.11 Å². The maximum atomic E-state index is 9.10. The maximum absolute atomic E-state index is 9.10. The second-order valence-corrected chi connectivity index (χ2v) is 4.86. The minimum absolute atomic E-state index is 0.0803. The lowest BCUT2D eigenvalue weighted by Gasteiger charge is -2.28. The van der Waals surface area contributed by atoms with E-state index in [0.29, 0.717) is 0 Å². The normalized spacial score (nSPS) is 19.2. The molecule has 0 radical (unpaired) electrons. The van der Waals surface area contributed by atoms with Gasteiger partial charge >= 0.3 is 0 Å². The van der Waals surface area contributed by atoms with Crippen molar-refractivity contribution < 1.29 is 5.11 Å². The van der Waals surface area contributed by atoms with E-state index in [9.17, 15) is 0 Å². The van der Waals surface area contributed by atoms with Crippen molar-refractivity contribution in [2.45, 2.75) is 25.9 Å². The number of likely N-dealkylation sites (tertiary alicyclic amines) is 1. The maximum Gasteiger partial charge on any atom is 0.0849 e. The Kier molecular flexibility index (Phi) is 3.61. The molecule has 0 aromatic carbocycles. The molecule has 1 aromatic rings. The molecule has 0 bridgehead atoms. The molecule has 1 saturated heterocycles. The number of hydrogen-bond donors (Lipinski definition) is 1. The number of hydrogen-bond acceptors (Lipinski definition) is 3. The third kappa shape index (κ3) is 2.62. The van der Waals surface area contributed by atoms with Crippen LogP contribution in [0.4, 0.5) is 0 Å². The zero-order chi connectivity index (χ0) is 11.5. The summed E-state index contributed by atoms with van der Waals surface area (Å²) < 4.78 is 1.78. The van der Waals surface area contributed by atoms with Crippen LogP contribution >= 0.6 is 0 Å². The third-order valence-electron chi connectivity index (χ3n) is 3.53. The van der Waals surface area contributed by atoms with Gasteiger partial charge in [0.2, 0.25) is 0 Å². The van der Waals surface area contributed by atoms with Gasteiger partial charge in [-0.3, -0.25) is 4.68 Å². The van der Waals surface area contributed by atoms with Crippen LogP contribution < -0.4 is 0 Å². The minimum atomic E-state index is 0.0803. The van der Waals surface area contributed by atoms with Gasteiger partial charge in [0.05, 0.1) is 18.0 Å². The molecule has 2 heterocycles. The summed E-state index contributed by atoms with van der Waals surface area (Å²) in [4.78, 5) is 2.38. The number of aromatic nitrogens is 2. The fraction of sp³-hybridized carbons (Fsp3) is 0.750. The van der Waals surface area contributed by atoms with Crippen molar-refractivity contribution >= 4 is 0 Å². The Hall–Kier alpha value is -0.870. The van der Waals surface area contributed by atoms with Gasteiger partial charge in [0, 0.05) is 7.05 Å². The predicted octanol–water partition coefficient (Wildman–Crippen LogP) is 0.797. The molecular weight excluding hydrogens is 202 g/mol. The Morgan fingerprint density at radius 3 is 2.62 bits per heavy atom. The van der Waals surface area contributed by atoms with Crippen molar-refractivity contribution in [2.24, 2.45) is 13.0 Å². The van der Waals surface area contributed by atoms with Crippen LogP contribution in [0.2, 0.25) is 0 Å². The van der Waals surface area contributed by atoms with E-state index in [1.54, 1.807) is 4.68 Å². The summed E-state index contributed by atoms with van der Waals surface area (Å²) >= 11 is 0. The van der Waals surface area contributed by atoms with E-state index in [1.807, 2.05) is 13.1 Å². The van der Waals surface area contributed by atoms with Crippen LogP contribution in [-0.4, -0.2) is 39.9 Å². The van der Waals surface area contributed by atoms with Crippen molar-refractivity contribution in [2.75, 3.05) is 20.1 Å². The molecule has 1 aliphatic heterocycles. The smallest absolute Gasteiger partial charge is 0.0849 e. The van der Waals surface area contributed by atoms with Crippen LogP contribution in [0.3, 0.4) is 0 Å². The van der Waals surface area contributed by atoms with Gasteiger partial charge < -0.3 is 10.0 Å². The molecule has 1 N–H and O–H groups in total. The van der Waals surface area contributed by atoms with Gasteiger partial charge in [0.15, 0.2) is 0 Å². The summed E-state index contributed by atoms with van der Waals surface area (Å²) in [7, 11) is 4.07. The van der Waals surface area contributed by atoms with Crippen LogP contribution in [0.1, 0.15) is 24.2 Å². The van der Waals surface area contributed by atoms with E-state index in [1.165, 1.54) is 25.9 Å². The molecule has 0 aliphatic carbocycles. The van der Waals surface area contributed by atoms with Gasteiger partial charge in [-0.1, -0.05) is 0 Å². The Morgan fingerprint density at radius 2 is 2.06 bits per heavy atom. The number of aliphatic hydroxyl groups excluding tert-OH is 1. The molecule has 1 aliphatic rings. The summed E-state index contributed by atoms with van der Waals surface area (Å²) in [6.07, 6.45) is 3.59. The standard InChI is InChI=1S/C12H21N3O/c1-14-5-3-10(4-6-14)7-11-8-12(9-16)15(2)13-11/h8,10,16H,3-7,9H2,1-2H3. The molecule has 2 rings (SSSR count). The number of aryl methyl sites for hydroxylation is 1. The number of piperidine rings is 1. The zero-order valence-electron chi connectivity index (χ0n) is 10.2. The molecule has 1 aromatic heterocycles.